The lowest BCUT2D eigenvalue weighted by molar-refractivity contribution is 0.722. The Morgan fingerprint density at radius 2 is 2.30 bits per heavy atom. The van der Waals surface area contributed by atoms with Crippen LogP contribution in [0, 0.1) is 0 Å². The fourth-order valence-electron chi connectivity index (χ4n) is 2.35. The molecule has 0 spiro atoms. The molecule has 0 saturated heterocycles. The molecule has 1 aliphatic rings. The summed E-state index contributed by atoms with van der Waals surface area (Å²) in [5.74, 6) is 1.12. The number of thiophene rings is 1. The number of anilines is 1. The third-order valence-corrected chi connectivity index (χ3v) is 4.44. The van der Waals surface area contributed by atoms with Gasteiger partial charge in [-0.2, -0.15) is 0 Å². The zero-order valence-corrected chi connectivity index (χ0v) is 12.7. The Balaban J connectivity index is 1.76. The van der Waals surface area contributed by atoms with Crippen molar-refractivity contribution in [2.75, 3.05) is 11.4 Å². The van der Waals surface area contributed by atoms with Crippen LogP contribution in [0.1, 0.15) is 30.2 Å². The van der Waals surface area contributed by atoms with Crippen molar-refractivity contribution in [3.8, 4) is 0 Å². The second kappa shape index (κ2) is 6.37. The Labute approximate surface area is 124 Å². The van der Waals surface area contributed by atoms with Crippen LogP contribution in [-0.4, -0.2) is 17.6 Å². The van der Waals surface area contributed by atoms with E-state index in [4.69, 9.17) is 0 Å². The molecule has 0 aromatic carbocycles. The first kappa shape index (κ1) is 13.6. The lowest BCUT2D eigenvalue weighted by Crippen LogP contribution is -2.25. The van der Waals surface area contributed by atoms with Gasteiger partial charge in [-0.3, -0.25) is 0 Å². The summed E-state index contributed by atoms with van der Waals surface area (Å²) in [4.78, 5) is 8.46. The van der Waals surface area contributed by atoms with Gasteiger partial charge in [0.05, 0.1) is 6.54 Å². The zero-order valence-electron chi connectivity index (χ0n) is 11.9. The number of aromatic nitrogens is 1. The Morgan fingerprint density at radius 1 is 1.40 bits per heavy atom. The topological polar surface area (TPSA) is 28.2 Å². The highest BCUT2D eigenvalue weighted by Crippen LogP contribution is 2.32. The number of nitrogens with one attached hydrogen (secondary N) is 1. The maximum atomic E-state index is 4.59. The molecule has 20 heavy (non-hydrogen) atoms. The van der Waals surface area contributed by atoms with Crippen LogP contribution in [0.4, 0.5) is 5.82 Å². The van der Waals surface area contributed by atoms with Gasteiger partial charge in [0.15, 0.2) is 0 Å². The van der Waals surface area contributed by atoms with E-state index in [0.29, 0.717) is 6.04 Å². The van der Waals surface area contributed by atoms with Gasteiger partial charge in [-0.25, -0.2) is 4.98 Å². The molecule has 3 nitrogen and oxygen atoms in total. The molecular formula is C16H21N3S. The highest BCUT2D eigenvalue weighted by molar-refractivity contribution is 7.09. The number of hydrogen-bond donors (Lipinski definition) is 1. The molecule has 106 valence electrons. The minimum absolute atomic E-state index is 0.680. The van der Waals surface area contributed by atoms with Crippen molar-refractivity contribution < 1.29 is 0 Å². The standard InChI is InChI=1S/C16H21N3S/c1-2-17-11-13-7-8-18-16(10-13)19(14-5-6-14)12-15-4-3-9-20-15/h3-4,7-10,14,17H,2,5-6,11-12H2,1H3. The van der Waals surface area contributed by atoms with Crippen molar-refractivity contribution in [2.45, 2.75) is 38.9 Å². The number of rotatable bonds is 7. The molecule has 1 aliphatic carbocycles. The van der Waals surface area contributed by atoms with Crippen LogP contribution in [0.25, 0.3) is 0 Å². The minimum Gasteiger partial charge on any atom is -0.348 e. The van der Waals surface area contributed by atoms with E-state index in [9.17, 15) is 0 Å². The summed E-state index contributed by atoms with van der Waals surface area (Å²) < 4.78 is 0. The van der Waals surface area contributed by atoms with E-state index in [-0.39, 0.29) is 0 Å². The molecule has 0 radical (unpaired) electrons. The summed E-state index contributed by atoms with van der Waals surface area (Å²) in [7, 11) is 0. The first-order valence-corrected chi connectivity index (χ1v) is 8.19. The average molecular weight is 287 g/mol. The number of nitrogens with zero attached hydrogens (tertiary/aromatic N) is 2. The van der Waals surface area contributed by atoms with E-state index in [2.05, 4.69) is 51.8 Å². The summed E-state index contributed by atoms with van der Waals surface area (Å²) in [6, 6.07) is 9.35. The molecule has 1 saturated carbocycles. The van der Waals surface area contributed by atoms with E-state index < -0.39 is 0 Å². The van der Waals surface area contributed by atoms with Gasteiger partial charge in [-0.1, -0.05) is 13.0 Å². The smallest absolute Gasteiger partial charge is 0.129 e. The molecule has 0 unspecified atom stereocenters. The summed E-state index contributed by atoms with van der Waals surface area (Å²) in [6.07, 6.45) is 4.53. The van der Waals surface area contributed by atoms with E-state index in [1.54, 1.807) is 0 Å². The Bertz CT molecular complexity index is 534. The Morgan fingerprint density at radius 3 is 3.00 bits per heavy atom. The van der Waals surface area contributed by atoms with Crippen LogP contribution in [0.5, 0.6) is 0 Å². The van der Waals surface area contributed by atoms with Crippen LogP contribution in [-0.2, 0) is 13.1 Å². The molecular weight excluding hydrogens is 266 g/mol. The molecule has 0 atom stereocenters. The summed E-state index contributed by atoms with van der Waals surface area (Å²) in [5.41, 5.74) is 1.31. The lowest BCUT2D eigenvalue weighted by Gasteiger charge is -2.23. The monoisotopic (exact) mass is 287 g/mol. The van der Waals surface area contributed by atoms with Crippen molar-refractivity contribution >= 4 is 17.2 Å². The molecule has 1 N–H and O–H groups in total. The zero-order chi connectivity index (χ0) is 13.8. The van der Waals surface area contributed by atoms with Crippen LogP contribution in [0.3, 0.4) is 0 Å². The molecule has 2 aromatic rings. The Hall–Kier alpha value is -1.39. The fraction of sp³-hybridized carbons (Fsp3) is 0.438. The highest BCUT2D eigenvalue weighted by Gasteiger charge is 2.30. The first-order valence-electron chi connectivity index (χ1n) is 7.31. The maximum Gasteiger partial charge on any atom is 0.129 e. The van der Waals surface area contributed by atoms with E-state index in [1.165, 1.54) is 23.3 Å². The molecule has 2 heterocycles. The molecule has 1 fully saturated rings. The number of hydrogen-bond acceptors (Lipinski definition) is 4. The van der Waals surface area contributed by atoms with Crippen LogP contribution in [0.15, 0.2) is 35.8 Å². The van der Waals surface area contributed by atoms with Gasteiger partial charge in [0.2, 0.25) is 0 Å². The quantitative estimate of drug-likeness (QED) is 0.845. The molecule has 3 rings (SSSR count). The first-order chi connectivity index (χ1) is 9.86. The van der Waals surface area contributed by atoms with Gasteiger partial charge in [-0.15, -0.1) is 11.3 Å². The van der Waals surface area contributed by atoms with E-state index >= 15 is 0 Å². The van der Waals surface area contributed by atoms with Gasteiger partial charge in [0, 0.05) is 23.7 Å². The van der Waals surface area contributed by atoms with E-state index in [0.717, 1.165) is 25.5 Å². The second-order valence-electron chi connectivity index (χ2n) is 5.24. The molecule has 0 amide bonds. The normalized spacial score (nSPS) is 14.4. The SMILES string of the molecule is CCNCc1ccnc(N(Cc2cccs2)C2CC2)c1. The molecule has 2 aromatic heterocycles. The summed E-state index contributed by atoms with van der Waals surface area (Å²) >= 11 is 1.83. The van der Waals surface area contributed by atoms with Crippen LogP contribution < -0.4 is 10.2 Å². The van der Waals surface area contributed by atoms with Crippen molar-refractivity contribution in [1.29, 1.82) is 0 Å². The maximum absolute atomic E-state index is 4.59. The predicted molar refractivity (Wildman–Crippen MR) is 85.1 cm³/mol. The largest absolute Gasteiger partial charge is 0.348 e. The third-order valence-electron chi connectivity index (χ3n) is 3.58. The van der Waals surface area contributed by atoms with Gasteiger partial charge < -0.3 is 10.2 Å². The van der Waals surface area contributed by atoms with Gasteiger partial charge in [0.1, 0.15) is 5.82 Å². The van der Waals surface area contributed by atoms with Crippen LogP contribution >= 0.6 is 11.3 Å². The summed E-state index contributed by atoms with van der Waals surface area (Å²) in [6.45, 7) is 5.04. The number of pyridine rings is 1. The van der Waals surface area contributed by atoms with Gasteiger partial charge in [0.25, 0.3) is 0 Å². The van der Waals surface area contributed by atoms with Crippen molar-refractivity contribution in [3.05, 3.63) is 46.3 Å². The highest BCUT2D eigenvalue weighted by atomic mass is 32.1. The van der Waals surface area contributed by atoms with E-state index in [1.807, 2.05) is 17.5 Å². The van der Waals surface area contributed by atoms with Crippen molar-refractivity contribution in [2.24, 2.45) is 0 Å². The predicted octanol–water partition coefficient (Wildman–Crippen LogP) is 3.42. The molecule has 0 aliphatic heterocycles. The van der Waals surface area contributed by atoms with Crippen LogP contribution in [0.2, 0.25) is 0 Å². The molecule has 4 heteroatoms. The van der Waals surface area contributed by atoms with Gasteiger partial charge in [-0.05, 0) is 48.5 Å². The van der Waals surface area contributed by atoms with Crippen molar-refractivity contribution in [3.63, 3.8) is 0 Å². The lowest BCUT2D eigenvalue weighted by atomic mass is 10.2. The fourth-order valence-corrected chi connectivity index (χ4v) is 3.05. The third kappa shape index (κ3) is 3.38. The molecule has 0 bridgehead atoms. The van der Waals surface area contributed by atoms with Crippen molar-refractivity contribution in [1.82, 2.24) is 10.3 Å². The summed E-state index contributed by atoms with van der Waals surface area (Å²) in [5, 5.41) is 5.53. The second-order valence-corrected chi connectivity index (χ2v) is 6.27. The Kier molecular flexibility index (Phi) is 4.33. The minimum atomic E-state index is 0.680. The average Bonchev–Trinajstić information content (AvgIpc) is 3.19. The van der Waals surface area contributed by atoms with Gasteiger partial charge >= 0.3 is 0 Å².